The quantitative estimate of drug-likeness (QED) is 0.648. The molecule has 3 nitrogen and oxygen atoms in total. The van der Waals surface area contributed by atoms with Crippen LogP contribution in [0.15, 0.2) is 60.7 Å². The Hall–Kier alpha value is -2.55. The van der Waals surface area contributed by atoms with Crippen LogP contribution in [0.25, 0.3) is 10.9 Å². The first-order chi connectivity index (χ1) is 12.0. The number of para-hydroxylation sites is 1. The van der Waals surface area contributed by atoms with E-state index in [0.717, 1.165) is 16.6 Å². The molecule has 3 aromatic rings. The number of rotatable bonds is 5. The van der Waals surface area contributed by atoms with Gasteiger partial charge in [0.1, 0.15) is 5.69 Å². The summed E-state index contributed by atoms with van der Waals surface area (Å²) in [5.74, 6) is 0.0946. The van der Waals surface area contributed by atoms with Gasteiger partial charge in [0, 0.05) is 29.5 Å². The van der Waals surface area contributed by atoms with Crippen molar-refractivity contribution in [1.29, 1.82) is 0 Å². The minimum Gasteiger partial charge on any atom is -0.333 e. The van der Waals surface area contributed by atoms with Crippen molar-refractivity contribution in [3.8, 4) is 0 Å². The van der Waals surface area contributed by atoms with Crippen molar-refractivity contribution in [3.05, 3.63) is 71.9 Å². The van der Waals surface area contributed by atoms with Crippen LogP contribution in [0.1, 0.15) is 43.7 Å². The van der Waals surface area contributed by atoms with E-state index in [4.69, 9.17) is 0 Å². The molecule has 0 aliphatic heterocycles. The smallest absolute Gasteiger partial charge is 0.270 e. The molecule has 1 heterocycles. The number of carbonyl (C=O) groups excluding carboxylic acids is 1. The van der Waals surface area contributed by atoms with Crippen molar-refractivity contribution in [3.63, 3.8) is 0 Å². The third kappa shape index (κ3) is 3.46. The Morgan fingerprint density at radius 3 is 2.16 bits per heavy atom. The summed E-state index contributed by atoms with van der Waals surface area (Å²) >= 11 is 0. The molecule has 0 N–H and O–H groups in total. The molecule has 0 saturated carbocycles. The van der Waals surface area contributed by atoms with Gasteiger partial charge in [-0.2, -0.15) is 0 Å². The van der Waals surface area contributed by atoms with Gasteiger partial charge in [0.2, 0.25) is 0 Å². The van der Waals surface area contributed by atoms with E-state index in [1.54, 1.807) is 0 Å². The van der Waals surface area contributed by atoms with Crippen LogP contribution in [0.2, 0.25) is 0 Å². The lowest BCUT2D eigenvalue weighted by molar-refractivity contribution is 0.0633. The predicted octanol–water partition coefficient (Wildman–Crippen LogP) is 4.95. The highest BCUT2D eigenvalue weighted by atomic mass is 16.2. The average Bonchev–Trinajstić information content (AvgIpc) is 2.94. The predicted molar refractivity (Wildman–Crippen MR) is 104 cm³/mol. The molecule has 0 fully saturated rings. The molecule has 0 aliphatic carbocycles. The Labute approximate surface area is 149 Å². The standard InChI is InChI=1S/C22H26N2O/c1-16(2)24(17(3)4)22(25)21-14-19-12-8-9-13-20(19)23(21)15-18-10-6-5-7-11-18/h5-14,16-17H,15H2,1-4H3. The highest BCUT2D eigenvalue weighted by Gasteiger charge is 2.25. The lowest BCUT2D eigenvalue weighted by Crippen LogP contribution is -2.42. The SMILES string of the molecule is CC(C)N(C(=O)c1cc2ccccc2n1Cc1ccccc1)C(C)C. The van der Waals surface area contributed by atoms with Crippen molar-refractivity contribution in [2.45, 2.75) is 46.3 Å². The van der Waals surface area contributed by atoms with Gasteiger partial charge in [0.25, 0.3) is 5.91 Å². The fourth-order valence-electron chi connectivity index (χ4n) is 3.52. The Kier molecular flexibility index (Phi) is 4.93. The molecule has 0 unspecified atom stereocenters. The van der Waals surface area contributed by atoms with Gasteiger partial charge in [0.05, 0.1) is 0 Å². The molecule has 0 radical (unpaired) electrons. The highest BCUT2D eigenvalue weighted by Crippen LogP contribution is 2.24. The van der Waals surface area contributed by atoms with E-state index in [2.05, 4.69) is 56.5 Å². The summed E-state index contributed by atoms with van der Waals surface area (Å²) < 4.78 is 2.14. The van der Waals surface area contributed by atoms with Crippen LogP contribution in [0.3, 0.4) is 0 Å². The van der Waals surface area contributed by atoms with Gasteiger partial charge >= 0.3 is 0 Å². The van der Waals surface area contributed by atoms with Crippen molar-refractivity contribution >= 4 is 16.8 Å². The van der Waals surface area contributed by atoms with Gasteiger partial charge in [-0.25, -0.2) is 0 Å². The second-order valence-corrected chi connectivity index (χ2v) is 7.06. The zero-order valence-corrected chi connectivity index (χ0v) is 15.4. The van der Waals surface area contributed by atoms with Crippen LogP contribution in [0.5, 0.6) is 0 Å². The summed E-state index contributed by atoms with van der Waals surface area (Å²) in [5, 5.41) is 1.11. The van der Waals surface area contributed by atoms with E-state index in [-0.39, 0.29) is 18.0 Å². The molecule has 1 aromatic heterocycles. The van der Waals surface area contributed by atoms with Gasteiger partial charge in [-0.3, -0.25) is 4.79 Å². The summed E-state index contributed by atoms with van der Waals surface area (Å²) in [4.78, 5) is 15.3. The maximum Gasteiger partial charge on any atom is 0.270 e. The van der Waals surface area contributed by atoms with Gasteiger partial charge in [0.15, 0.2) is 0 Å². The average molecular weight is 334 g/mol. The van der Waals surface area contributed by atoms with Crippen LogP contribution in [0.4, 0.5) is 0 Å². The number of amides is 1. The molecular formula is C22H26N2O. The summed E-state index contributed by atoms with van der Waals surface area (Å²) in [5.41, 5.74) is 3.05. The molecule has 2 aromatic carbocycles. The first kappa shape index (κ1) is 17.3. The molecule has 0 aliphatic rings. The number of carbonyl (C=O) groups is 1. The molecule has 130 valence electrons. The van der Waals surface area contributed by atoms with Gasteiger partial charge < -0.3 is 9.47 Å². The Morgan fingerprint density at radius 1 is 0.920 bits per heavy atom. The van der Waals surface area contributed by atoms with E-state index in [9.17, 15) is 4.79 Å². The third-order valence-corrected chi connectivity index (χ3v) is 4.56. The van der Waals surface area contributed by atoms with Crippen LogP contribution >= 0.6 is 0 Å². The molecule has 0 saturated heterocycles. The maximum absolute atomic E-state index is 13.3. The summed E-state index contributed by atoms with van der Waals surface area (Å²) in [7, 11) is 0. The first-order valence-electron chi connectivity index (χ1n) is 8.94. The van der Waals surface area contributed by atoms with Gasteiger partial charge in [-0.05, 0) is 45.4 Å². The Balaban J connectivity index is 2.11. The Morgan fingerprint density at radius 2 is 1.52 bits per heavy atom. The highest BCUT2D eigenvalue weighted by molar-refractivity contribution is 5.99. The number of hydrogen-bond acceptors (Lipinski definition) is 1. The summed E-state index contributed by atoms with van der Waals surface area (Å²) in [6.45, 7) is 8.98. The van der Waals surface area contributed by atoms with Crippen molar-refractivity contribution < 1.29 is 4.79 Å². The number of hydrogen-bond donors (Lipinski definition) is 0. The molecule has 3 rings (SSSR count). The number of aromatic nitrogens is 1. The van der Waals surface area contributed by atoms with Crippen molar-refractivity contribution in [1.82, 2.24) is 9.47 Å². The summed E-state index contributed by atoms with van der Waals surface area (Å²) in [6.07, 6.45) is 0. The fourth-order valence-corrected chi connectivity index (χ4v) is 3.52. The van der Waals surface area contributed by atoms with E-state index < -0.39 is 0 Å². The van der Waals surface area contributed by atoms with Gasteiger partial charge in [-0.15, -0.1) is 0 Å². The first-order valence-corrected chi connectivity index (χ1v) is 8.94. The number of fused-ring (bicyclic) bond motifs is 1. The van der Waals surface area contributed by atoms with Crippen molar-refractivity contribution in [2.75, 3.05) is 0 Å². The monoisotopic (exact) mass is 334 g/mol. The van der Waals surface area contributed by atoms with Crippen LogP contribution in [-0.2, 0) is 6.54 Å². The molecule has 0 spiro atoms. The van der Waals surface area contributed by atoms with E-state index >= 15 is 0 Å². The van der Waals surface area contributed by atoms with Crippen molar-refractivity contribution in [2.24, 2.45) is 0 Å². The van der Waals surface area contributed by atoms with Crippen LogP contribution < -0.4 is 0 Å². The summed E-state index contributed by atoms with van der Waals surface area (Å²) in [6, 6.07) is 20.9. The van der Waals surface area contributed by atoms with Gasteiger partial charge in [-0.1, -0.05) is 48.5 Å². The van der Waals surface area contributed by atoms with E-state index in [0.29, 0.717) is 6.54 Å². The normalized spacial score (nSPS) is 11.4. The minimum atomic E-state index is 0.0946. The zero-order chi connectivity index (χ0) is 18.0. The number of benzene rings is 2. The van der Waals surface area contributed by atoms with Crippen LogP contribution in [-0.4, -0.2) is 27.5 Å². The molecule has 0 bridgehead atoms. The van der Waals surface area contributed by atoms with Crippen LogP contribution in [0, 0.1) is 0 Å². The molecule has 25 heavy (non-hydrogen) atoms. The lowest BCUT2D eigenvalue weighted by atomic mass is 10.2. The topological polar surface area (TPSA) is 25.2 Å². The molecule has 1 amide bonds. The second-order valence-electron chi connectivity index (χ2n) is 7.06. The Bertz CT molecular complexity index is 854. The maximum atomic E-state index is 13.3. The molecular weight excluding hydrogens is 308 g/mol. The molecule has 3 heteroatoms. The fraction of sp³-hybridized carbons (Fsp3) is 0.318. The van der Waals surface area contributed by atoms with E-state index in [1.165, 1.54) is 5.56 Å². The zero-order valence-electron chi connectivity index (χ0n) is 15.4. The largest absolute Gasteiger partial charge is 0.333 e. The number of nitrogens with zero attached hydrogens (tertiary/aromatic N) is 2. The minimum absolute atomic E-state index is 0.0946. The van der Waals surface area contributed by atoms with E-state index in [1.807, 2.05) is 41.3 Å². The lowest BCUT2D eigenvalue weighted by Gasteiger charge is -2.31. The third-order valence-electron chi connectivity index (χ3n) is 4.56. The second kappa shape index (κ2) is 7.14. The molecule has 0 atom stereocenters.